The van der Waals surface area contributed by atoms with Crippen molar-refractivity contribution in [1.29, 1.82) is 0 Å². The monoisotopic (exact) mass is 241 g/mol. The molecule has 0 saturated heterocycles. The second-order valence-corrected chi connectivity index (χ2v) is 5.49. The van der Waals surface area contributed by atoms with Gasteiger partial charge in [-0.1, -0.05) is 25.7 Å². The summed E-state index contributed by atoms with van der Waals surface area (Å²) >= 11 is 0. The van der Waals surface area contributed by atoms with Gasteiger partial charge in [0.15, 0.2) is 0 Å². The van der Waals surface area contributed by atoms with Gasteiger partial charge in [-0.15, -0.1) is 0 Å². The van der Waals surface area contributed by atoms with Crippen molar-refractivity contribution in [3.63, 3.8) is 0 Å². The predicted octanol–water partition coefficient (Wildman–Crippen LogP) is 1.93. The van der Waals surface area contributed by atoms with Gasteiger partial charge in [0.05, 0.1) is 6.10 Å². The van der Waals surface area contributed by atoms with Crippen molar-refractivity contribution in [2.45, 2.75) is 69.1 Å². The summed E-state index contributed by atoms with van der Waals surface area (Å²) in [6.45, 7) is 0. The Morgan fingerprint density at radius 3 is 2.29 bits per heavy atom. The number of hydrogen-bond acceptors (Lipinski definition) is 3. The van der Waals surface area contributed by atoms with Crippen LogP contribution in [-0.4, -0.2) is 35.9 Å². The van der Waals surface area contributed by atoms with Gasteiger partial charge in [0.2, 0.25) is 0 Å². The van der Waals surface area contributed by atoms with Crippen LogP contribution in [0.4, 0.5) is 0 Å². The molecule has 0 heterocycles. The first-order valence-electron chi connectivity index (χ1n) is 6.70. The summed E-state index contributed by atoms with van der Waals surface area (Å²) < 4.78 is 5.20. The lowest BCUT2D eigenvalue weighted by Crippen LogP contribution is -2.65. The molecule has 0 aromatic heterocycles. The number of ether oxygens (including phenoxy) is 1. The van der Waals surface area contributed by atoms with E-state index in [-0.39, 0.29) is 6.10 Å². The van der Waals surface area contributed by atoms with Gasteiger partial charge in [0.25, 0.3) is 0 Å². The highest BCUT2D eigenvalue weighted by atomic mass is 16.5. The van der Waals surface area contributed by atoms with Crippen molar-refractivity contribution < 1.29 is 14.6 Å². The molecule has 2 rings (SSSR count). The van der Waals surface area contributed by atoms with Gasteiger partial charge in [-0.05, 0) is 12.8 Å². The average Bonchev–Trinajstić information content (AvgIpc) is 2.50. The summed E-state index contributed by atoms with van der Waals surface area (Å²) in [6.07, 6.45) is 8.59. The van der Waals surface area contributed by atoms with Crippen LogP contribution in [0, 0.1) is 0 Å². The molecule has 0 bridgehead atoms. The van der Waals surface area contributed by atoms with Gasteiger partial charge in [-0.2, -0.15) is 0 Å². The summed E-state index contributed by atoms with van der Waals surface area (Å²) in [5.74, 6) is -0.713. The van der Waals surface area contributed by atoms with E-state index < -0.39 is 11.5 Å². The molecule has 0 aromatic carbocycles. The van der Waals surface area contributed by atoms with Crippen LogP contribution in [0.15, 0.2) is 0 Å². The molecule has 4 heteroatoms. The molecule has 4 nitrogen and oxygen atoms in total. The van der Waals surface area contributed by atoms with Crippen molar-refractivity contribution in [3.05, 3.63) is 0 Å². The molecule has 98 valence electrons. The maximum atomic E-state index is 11.4. The van der Waals surface area contributed by atoms with Crippen LogP contribution in [0.5, 0.6) is 0 Å². The highest BCUT2D eigenvalue weighted by Gasteiger charge is 2.51. The summed E-state index contributed by atoms with van der Waals surface area (Å²) in [6, 6.07) is 0.381. The van der Waals surface area contributed by atoms with Crippen LogP contribution >= 0.6 is 0 Å². The zero-order valence-electron chi connectivity index (χ0n) is 10.6. The van der Waals surface area contributed by atoms with E-state index in [4.69, 9.17) is 4.74 Å². The van der Waals surface area contributed by atoms with E-state index >= 15 is 0 Å². The van der Waals surface area contributed by atoms with Gasteiger partial charge in [-0.25, -0.2) is 0 Å². The number of rotatable bonds is 4. The van der Waals surface area contributed by atoms with Crippen LogP contribution in [0.3, 0.4) is 0 Å². The smallest absolute Gasteiger partial charge is 0.324 e. The van der Waals surface area contributed by atoms with Gasteiger partial charge in [-0.3, -0.25) is 10.1 Å². The SMILES string of the molecule is COC1CC(NC2CCCCCC2)(C(=O)O)C1. The van der Waals surface area contributed by atoms with Crippen LogP contribution in [-0.2, 0) is 9.53 Å². The minimum Gasteiger partial charge on any atom is -0.480 e. The molecule has 0 aromatic rings. The molecule has 2 fully saturated rings. The lowest BCUT2D eigenvalue weighted by atomic mass is 9.73. The molecule has 2 aliphatic rings. The van der Waals surface area contributed by atoms with Crippen molar-refractivity contribution in [2.24, 2.45) is 0 Å². The van der Waals surface area contributed by atoms with Crippen molar-refractivity contribution in [1.82, 2.24) is 5.32 Å². The van der Waals surface area contributed by atoms with Crippen LogP contribution in [0.25, 0.3) is 0 Å². The van der Waals surface area contributed by atoms with Crippen LogP contribution in [0.1, 0.15) is 51.4 Å². The van der Waals surface area contributed by atoms with E-state index in [2.05, 4.69) is 5.32 Å². The van der Waals surface area contributed by atoms with E-state index in [1.807, 2.05) is 0 Å². The van der Waals surface area contributed by atoms with Gasteiger partial charge >= 0.3 is 5.97 Å². The maximum absolute atomic E-state index is 11.4. The third-order valence-electron chi connectivity index (χ3n) is 4.23. The zero-order valence-corrected chi connectivity index (χ0v) is 10.6. The quantitative estimate of drug-likeness (QED) is 0.738. The standard InChI is InChI=1S/C13H23NO3/c1-17-11-8-13(9-11,12(15)16)14-10-6-4-2-3-5-7-10/h10-11,14H,2-9H2,1H3,(H,15,16). The number of hydrogen-bond donors (Lipinski definition) is 2. The first kappa shape index (κ1) is 12.8. The molecule has 2 N–H and O–H groups in total. The Labute approximate surface area is 103 Å². The van der Waals surface area contributed by atoms with Crippen molar-refractivity contribution in [2.75, 3.05) is 7.11 Å². The van der Waals surface area contributed by atoms with Gasteiger partial charge < -0.3 is 9.84 Å². The third kappa shape index (κ3) is 2.80. The number of carboxylic acids is 1. The molecule has 2 aliphatic carbocycles. The minimum atomic E-state index is -0.713. The molecule has 0 radical (unpaired) electrons. The van der Waals surface area contributed by atoms with Crippen LogP contribution < -0.4 is 5.32 Å². The molecule has 0 amide bonds. The largest absolute Gasteiger partial charge is 0.480 e. The normalized spacial score (nSPS) is 35.0. The fraction of sp³-hybridized carbons (Fsp3) is 0.923. The Hall–Kier alpha value is -0.610. The van der Waals surface area contributed by atoms with Crippen molar-refractivity contribution in [3.8, 4) is 0 Å². The van der Waals surface area contributed by atoms with E-state index in [0.717, 1.165) is 12.8 Å². The summed E-state index contributed by atoms with van der Waals surface area (Å²) in [7, 11) is 1.65. The third-order valence-corrected chi connectivity index (χ3v) is 4.23. The highest BCUT2D eigenvalue weighted by Crippen LogP contribution is 2.36. The summed E-state index contributed by atoms with van der Waals surface area (Å²) in [5, 5.41) is 12.8. The summed E-state index contributed by atoms with van der Waals surface area (Å²) in [4.78, 5) is 11.4. The molecule has 0 atom stereocenters. The Kier molecular flexibility index (Phi) is 4.05. The lowest BCUT2D eigenvalue weighted by molar-refractivity contribution is -0.157. The first-order chi connectivity index (χ1) is 8.16. The van der Waals surface area contributed by atoms with Gasteiger partial charge in [0.1, 0.15) is 5.54 Å². The second kappa shape index (κ2) is 5.36. The number of carboxylic acid groups (broad SMARTS) is 1. The number of nitrogens with one attached hydrogen (secondary N) is 1. The predicted molar refractivity (Wildman–Crippen MR) is 65.0 cm³/mol. The lowest BCUT2D eigenvalue weighted by Gasteiger charge is -2.46. The Morgan fingerprint density at radius 1 is 1.24 bits per heavy atom. The van der Waals surface area contributed by atoms with Crippen molar-refractivity contribution >= 4 is 5.97 Å². The zero-order chi connectivity index (χ0) is 12.3. The minimum absolute atomic E-state index is 0.115. The average molecular weight is 241 g/mol. The second-order valence-electron chi connectivity index (χ2n) is 5.49. The number of carbonyl (C=O) groups is 1. The van der Waals surface area contributed by atoms with E-state index in [1.165, 1.54) is 25.7 Å². The van der Waals surface area contributed by atoms with Crippen LogP contribution in [0.2, 0.25) is 0 Å². The molecule has 17 heavy (non-hydrogen) atoms. The topological polar surface area (TPSA) is 58.6 Å². The molecular formula is C13H23NO3. The Balaban J connectivity index is 1.92. The van der Waals surface area contributed by atoms with E-state index in [9.17, 15) is 9.90 Å². The summed E-state index contributed by atoms with van der Waals surface area (Å²) in [5.41, 5.74) is -0.713. The Bertz CT molecular complexity index is 266. The fourth-order valence-corrected chi connectivity index (χ4v) is 3.05. The highest BCUT2D eigenvalue weighted by molar-refractivity contribution is 5.80. The maximum Gasteiger partial charge on any atom is 0.324 e. The molecule has 0 spiro atoms. The van der Waals surface area contributed by atoms with Gasteiger partial charge in [0, 0.05) is 26.0 Å². The Morgan fingerprint density at radius 2 is 1.82 bits per heavy atom. The number of aliphatic carboxylic acids is 1. The fourth-order valence-electron chi connectivity index (χ4n) is 3.05. The molecule has 2 saturated carbocycles. The van der Waals surface area contributed by atoms with E-state index in [0.29, 0.717) is 18.9 Å². The molecular weight excluding hydrogens is 218 g/mol. The molecule has 0 unspecified atom stereocenters. The molecule has 0 aliphatic heterocycles. The van der Waals surface area contributed by atoms with E-state index in [1.54, 1.807) is 7.11 Å². The number of methoxy groups -OCH3 is 1. The first-order valence-corrected chi connectivity index (χ1v) is 6.70.